The molecule has 0 fully saturated rings. The van der Waals surface area contributed by atoms with Gasteiger partial charge in [-0.1, -0.05) is 56.8 Å². The van der Waals surface area contributed by atoms with Crippen LogP contribution in [0.1, 0.15) is 55.5 Å². The molecular formula is C23H30ClN3O5S. The lowest BCUT2D eigenvalue weighted by Crippen LogP contribution is -2.30. The molecule has 2 aromatic carbocycles. The van der Waals surface area contributed by atoms with E-state index in [1.54, 1.807) is 24.3 Å². The van der Waals surface area contributed by atoms with Crippen molar-refractivity contribution in [3.63, 3.8) is 0 Å². The summed E-state index contributed by atoms with van der Waals surface area (Å²) in [5.74, 6) is 0.259. The van der Waals surface area contributed by atoms with Crippen LogP contribution in [0.5, 0.6) is 0 Å². The molecular weight excluding hydrogens is 466 g/mol. The van der Waals surface area contributed by atoms with E-state index in [0.717, 1.165) is 42.3 Å². The van der Waals surface area contributed by atoms with Gasteiger partial charge in [0.15, 0.2) is 0 Å². The van der Waals surface area contributed by atoms with Gasteiger partial charge in [-0.2, -0.15) is 0 Å². The van der Waals surface area contributed by atoms with Gasteiger partial charge in [-0.15, -0.1) is 0 Å². The highest BCUT2D eigenvalue weighted by Gasteiger charge is 2.23. The zero-order valence-corrected chi connectivity index (χ0v) is 20.7. The molecule has 0 heterocycles. The van der Waals surface area contributed by atoms with Crippen LogP contribution in [0, 0.1) is 16.0 Å². The fourth-order valence-corrected chi connectivity index (χ4v) is 4.56. The molecule has 0 bridgehead atoms. The van der Waals surface area contributed by atoms with Gasteiger partial charge in [0.05, 0.1) is 28.4 Å². The Labute approximate surface area is 200 Å². The summed E-state index contributed by atoms with van der Waals surface area (Å²) in [6, 6.07) is 10.2. The number of halogens is 1. The van der Waals surface area contributed by atoms with Crippen LogP contribution in [-0.2, 0) is 16.6 Å². The second-order valence-corrected chi connectivity index (χ2v) is 10.3. The first-order chi connectivity index (χ1) is 15.6. The molecule has 1 amide bonds. The van der Waals surface area contributed by atoms with Crippen molar-refractivity contribution < 1.29 is 18.1 Å². The Bertz CT molecular complexity index is 1070. The second kappa shape index (κ2) is 12.0. The molecule has 2 aromatic rings. The number of nitrogens with zero attached hydrogens (tertiary/aromatic N) is 2. The van der Waals surface area contributed by atoms with Crippen molar-refractivity contribution in [2.24, 2.45) is 5.92 Å². The lowest BCUT2D eigenvalue weighted by Gasteiger charge is -2.23. The van der Waals surface area contributed by atoms with Crippen molar-refractivity contribution in [2.45, 2.75) is 46.1 Å². The Hall–Kier alpha value is -2.65. The number of carbonyl (C=O) groups is 1. The molecule has 2 rings (SSSR count). The minimum Gasteiger partial charge on any atom is -0.352 e. The van der Waals surface area contributed by atoms with Crippen LogP contribution in [0.4, 0.5) is 11.4 Å². The molecule has 0 aliphatic carbocycles. The number of rotatable bonds is 12. The number of nitro benzene ring substituents is 1. The predicted molar refractivity (Wildman–Crippen MR) is 131 cm³/mol. The summed E-state index contributed by atoms with van der Waals surface area (Å²) in [5.41, 5.74) is 0.838. The molecule has 180 valence electrons. The Morgan fingerprint density at radius 2 is 1.85 bits per heavy atom. The summed E-state index contributed by atoms with van der Waals surface area (Å²) in [4.78, 5) is 23.0. The van der Waals surface area contributed by atoms with Gasteiger partial charge in [-0.3, -0.25) is 19.2 Å². The molecule has 1 N–H and O–H groups in total. The molecule has 8 nitrogen and oxygen atoms in total. The largest absolute Gasteiger partial charge is 0.352 e. The Morgan fingerprint density at radius 1 is 1.18 bits per heavy atom. The number of carbonyl (C=O) groups excluding carboxylic acids is 1. The van der Waals surface area contributed by atoms with Crippen LogP contribution in [0.3, 0.4) is 0 Å². The zero-order valence-electron chi connectivity index (χ0n) is 19.1. The minimum atomic E-state index is -3.79. The fraction of sp³-hybridized carbons (Fsp3) is 0.435. The summed E-state index contributed by atoms with van der Waals surface area (Å²) < 4.78 is 25.9. The average molecular weight is 496 g/mol. The Morgan fingerprint density at radius 3 is 2.39 bits per heavy atom. The molecule has 0 aliphatic heterocycles. The van der Waals surface area contributed by atoms with E-state index in [2.05, 4.69) is 19.2 Å². The minimum absolute atomic E-state index is 0.0212. The van der Waals surface area contributed by atoms with Crippen molar-refractivity contribution in [1.82, 2.24) is 5.32 Å². The van der Waals surface area contributed by atoms with E-state index in [4.69, 9.17) is 11.6 Å². The van der Waals surface area contributed by atoms with E-state index in [-0.39, 0.29) is 28.8 Å². The Balaban J connectivity index is 2.16. The molecule has 0 saturated carbocycles. The van der Waals surface area contributed by atoms with Gasteiger partial charge < -0.3 is 5.32 Å². The molecule has 0 unspecified atom stereocenters. The smallest absolute Gasteiger partial charge is 0.271 e. The first-order valence-electron chi connectivity index (χ1n) is 10.9. The molecule has 0 aromatic heterocycles. The number of nitro groups is 1. The van der Waals surface area contributed by atoms with Gasteiger partial charge in [0.1, 0.15) is 0 Å². The fourth-order valence-electron chi connectivity index (χ4n) is 3.40. The molecule has 0 spiro atoms. The van der Waals surface area contributed by atoms with Crippen LogP contribution in [0.2, 0.25) is 5.02 Å². The number of nitrogens with one attached hydrogen (secondary N) is 1. The zero-order chi connectivity index (χ0) is 24.6. The summed E-state index contributed by atoms with van der Waals surface area (Å²) in [7, 11) is -3.79. The predicted octanol–water partition coefficient (Wildman–Crippen LogP) is 5.16. The molecule has 0 radical (unpaired) electrons. The summed E-state index contributed by atoms with van der Waals surface area (Å²) in [6.45, 7) is 4.79. The summed E-state index contributed by atoms with van der Waals surface area (Å²) >= 11 is 6.16. The van der Waals surface area contributed by atoms with Gasteiger partial charge in [0.25, 0.3) is 11.6 Å². The lowest BCUT2D eigenvalue weighted by molar-refractivity contribution is -0.384. The van der Waals surface area contributed by atoms with Gasteiger partial charge in [0, 0.05) is 24.2 Å². The van der Waals surface area contributed by atoms with Crippen molar-refractivity contribution in [3.05, 3.63) is 68.7 Å². The standard InChI is InChI=1S/C23H30ClN3O5S/c1-4-6-7-17(5-2)15-25-23(28)19-10-8-18(9-11-19)16-26(33(3,31)32)22-14-20(27(29)30)12-13-21(22)24/h8-14,17H,4-7,15-16H2,1-3H3,(H,25,28)/t17-/m1/s1. The number of hydrogen-bond acceptors (Lipinski definition) is 5. The van der Waals surface area contributed by atoms with E-state index in [9.17, 15) is 23.3 Å². The maximum Gasteiger partial charge on any atom is 0.271 e. The Kier molecular flexibility index (Phi) is 9.67. The van der Waals surface area contributed by atoms with Gasteiger partial charge >= 0.3 is 0 Å². The molecule has 1 atom stereocenters. The highest BCUT2D eigenvalue weighted by molar-refractivity contribution is 7.92. The molecule has 10 heteroatoms. The summed E-state index contributed by atoms with van der Waals surface area (Å²) in [6.07, 6.45) is 5.34. The number of hydrogen-bond donors (Lipinski definition) is 1. The lowest BCUT2D eigenvalue weighted by atomic mass is 9.99. The van der Waals surface area contributed by atoms with Crippen LogP contribution >= 0.6 is 11.6 Å². The average Bonchev–Trinajstić information content (AvgIpc) is 2.77. The maximum atomic E-state index is 12.5. The van der Waals surface area contributed by atoms with Crippen LogP contribution in [-0.4, -0.2) is 32.0 Å². The number of anilines is 1. The second-order valence-electron chi connectivity index (χ2n) is 7.99. The van der Waals surface area contributed by atoms with E-state index < -0.39 is 14.9 Å². The summed E-state index contributed by atoms with van der Waals surface area (Å²) in [5, 5.41) is 14.2. The topological polar surface area (TPSA) is 110 Å². The molecule has 0 aliphatic rings. The van der Waals surface area contributed by atoms with E-state index in [1.165, 1.54) is 12.1 Å². The first-order valence-corrected chi connectivity index (χ1v) is 13.1. The van der Waals surface area contributed by atoms with Crippen molar-refractivity contribution in [3.8, 4) is 0 Å². The van der Waals surface area contributed by atoms with Crippen molar-refractivity contribution in [2.75, 3.05) is 17.1 Å². The van der Waals surface area contributed by atoms with Crippen molar-refractivity contribution in [1.29, 1.82) is 0 Å². The van der Waals surface area contributed by atoms with E-state index in [1.807, 2.05) is 0 Å². The normalized spacial score (nSPS) is 12.2. The van der Waals surface area contributed by atoms with E-state index >= 15 is 0 Å². The number of non-ortho nitro benzene ring substituents is 1. The van der Waals surface area contributed by atoms with E-state index in [0.29, 0.717) is 23.6 Å². The quantitative estimate of drug-likeness (QED) is 0.323. The molecule has 33 heavy (non-hydrogen) atoms. The molecule has 0 saturated heterocycles. The van der Waals surface area contributed by atoms with Gasteiger partial charge in [0.2, 0.25) is 10.0 Å². The van der Waals surface area contributed by atoms with Gasteiger partial charge in [-0.25, -0.2) is 8.42 Å². The third-order valence-corrected chi connectivity index (χ3v) is 6.89. The number of amides is 1. The first kappa shape index (κ1) is 26.6. The van der Waals surface area contributed by atoms with Crippen LogP contribution < -0.4 is 9.62 Å². The highest BCUT2D eigenvalue weighted by atomic mass is 35.5. The number of sulfonamides is 1. The van der Waals surface area contributed by atoms with Crippen LogP contribution in [0.15, 0.2) is 42.5 Å². The highest BCUT2D eigenvalue weighted by Crippen LogP contribution is 2.32. The van der Waals surface area contributed by atoms with Crippen molar-refractivity contribution >= 4 is 38.9 Å². The van der Waals surface area contributed by atoms with Gasteiger partial charge in [-0.05, 0) is 36.1 Å². The number of unbranched alkanes of at least 4 members (excludes halogenated alkanes) is 1. The van der Waals surface area contributed by atoms with Crippen LogP contribution in [0.25, 0.3) is 0 Å². The number of benzene rings is 2. The third-order valence-electron chi connectivity index (χ3n) is 5.45. The maximum absolute atomic E-state index is 12.5. The SMILES string of the molecule is CCCC[C@@H](CC)CNC(=O)c1ccc(CN(c2cc([N+](=O)[O-])ccc2Cl)S(C)(=O)=O)cc1. The monoisotopic (exact) mass is 495 g/mol. The third kappa shape index (κ3) is 7.71.